The molecule has 0 spiro atoms. The molecule has 0 saturated heterocycles. The van der Waals surface area contributed by atoms with Gasteiger partial charge < -0.3 is 11.1 Å². The lowest BCUT2D eigenvalue weighted by molar-refractivity contribution is -0.122. The highest BCUT2D eigenvalue weighted by Gasteiger charge is 2.17. The van der Waals surface area contributed by atoms with Crippen molar-refractivity contribution in [3.63, 3.8) is 0 Å². The molecule has 0 fully saturated rings. The topological polar surface area (TPSA) is 55.1 Å². The zero-order valence-electron chi connectivity index (χ0n) is 13.0. The molecule has 0 radical (unpaired) electrons. The Bertz CT molecular complexity index is 621. The normalized spacial score (nSPS) is 12.8. The molecule has 3 N–H and O–H groups in total. The smallest absolute Gasteiger partial charge is 0.237 e. The van der Waals surface area contributed by atoms with Crippen LogP contribution >= 0.6 is 12.4 Å². The summed E-state index contributed by atoms with van der Waals surface area (Å²) in [6.45, 7) is 1.85. The van der Waals surface area contributed by atoms with Crippen LogP contribution in [0.2, 0.25) is 0 Å². The van der Waals surface area contributed by atoms with Gasteiger partial charge in [0, 0.05) is 6.04 Å². The highest BCUT2D eigenvalue weighted by Crippen LogP contribution is 2.09. The second-order valence-corrected chi connectivity index (χ2v) is 5.50. The summed E-state index contributed by atoms with van der Waals surface area (Å²) in [6.07, 6.45) is 0.926. The maximum Gasteiger partial charge on any atom is 0.237 e. The minimum Gasteiger partial charge on any atom is -0.352 e. The summed E-state index contributed by atoms with van der Waals surface area (Å²) in [5, 5.41) is 2.84. The lowest BCUT2D eigenvalue weighted by Gasteiger charge is -2.18. The number of halogens is 2. The second-order valence-electron chi connectivity index (χ2n) is 5.50. The number of rotatable bonds is 6. The zero-order valence-corrected chi connectivity index (χ0v) is 13.9. The Morgan fingerprint density at radius 2 is 1.70 bits per heavy atom. The Balaban J connectivity index is 0.00000264. The molecule has 124 valence electrons. The Morgan fingerprint density at radius 3 is 2.35 bits per heavy atom. The van der Waals surface area contributed by atoms with Gasteiger partial charge in [-0.15, -0.1) is 12.4 Å². The summed E-state index contributed by atoms with van der Waals surface area (Å²) in [5.41, 5.74) is 7.54. The molecule has 2 rings (SSSR count). The van der Waals surface area contributed by atoms with Crippen LogP contribution in [-0.4, -0.2) is 18.0 Å². The van der Waals surface area contributed by atoms with E-state index in [-0.39, 0.29) is 30.2 Å². The standard InChI is InChI=1S/C18H21FN2O.ClH/c1-13(11-15-9-5-6-10-16(15)19)21-18(22)17(20)12-14-7-3-2-4-8-14;/h2-10,13,17H,11-12,20H2,1H3,(H,21,22);1H/t13?,17-;/m0./s1. The maximum absolute atomic E-state index is 13.6. The van der Waals surface area contributed by atoms with Gasteiger partial charge in [0.25, 0.3) is 0 Å². The van der Waals surface area contributed by atoms with Gasteiger partial charge in [-0.2, -0.15) is 0 Å². The summed E-state index contributed by atoms with van der Waals surface area (Å²) >= 11 is 0. The molecule has 0 aliphatic heterocycles. The van der Waals surface area contributed by atoms with Gasteiger partial charge in [0.15, 0.2) is 0 Å². The van der Waals surface area contributed by atoms with Crippen molar-refractivity contribution in [1.82, 2.24) is 5.32 Å². The summed E-state index contributed by atoms with van der Waals surface area (Å²) in [6, 6.07) is 15.4. The summed E-state index contributed by atoms with van der Waals surface area (Å²) in [5.74, 6) is -0.468. The first-order valence-corrected chi connectivity index (χ1v) is 7.39. The number of amides is 1. The van der Waals surface area contributed by atoms with Crippen molar-refractivity contribution in [1.29, 1.82) is 0 Å². The molecule has 2 aromatic carbocycles. The summed E-state index contributed by atoms with van der Waals surface area (Å²) in [4.78, 5) is 12.1. The van der Waals surface area contributed by atoms with Crippen LogP contribution in [0, 0.1) is 5.82 Å². The van der Waals surface area contributed by atoms with Gasteiger partial charge in [0.05, 0.1) is 6.04 Å². The van der Waals surface area contributed by atoms with Crippen molar-refractivity contribution in [2.75, 3.05) is 0 Å². The van der Waals surface area contributed by atoms with E-state index in [1.165, 1.54) is 6.07 Å². The van der Waals surface area contributed by atoms with E-state index in [9.17, 15) is 9.18 Å². The molecule has 0 aliphatic carbocycles. The molecule has 3 nitrogen and oxygen atoms in total. The number of nitrogens with one attached hydrogen (secondary N) is 1. The van der Waals surface area contributed by atoms with E-state index in [2.05, 4.69) is 5.32 Å². The van der Waals surface area contributed by atoms with Gasteiger partial charge in [-0.3, -0.25) is 4.79 Å². The number of benzene rings is 2. The molecule has 0 aliphatic rings. The van der Waals surface area contributed by atoms with Crippen LogP contribution in [0.25, 0.3) is 0 Å². The number of hydrogen-bond acceptors (Lipinski definition) is 2. The van der Waals surface area contributed by atoms with Crippen molar-refractivity contribution in [3.05, 3.63) is 71.5 Å². The Labute approximate surface area is 142 Å². The lowest BCUT2D eigenvalue weighted by Crippen LogP contribution is -2.46. The molecule has 2 aromatic rings. The minimum absolute atomic E-state index is 0. The molecule has 0 saturated carbocycles. The summed E-state index contributed by atoms with van der Waals surface area (Å²) in [7, 11) is 0. The van der Waals surface area contributed by atoms with E-state index in [0.29, 0.717) is 18.4 Å². The van der Waals surface area contributed by atoms with Crippen LogP contribution in [0.4, 0.5) is 4.39 Å². The average molecular weight is 337 g/mol. The van der Waals surface area contributed by atoms with Crippen LogP contribution in [-0.2, 0) is 17.6 Å². The monoisotopic (exact) mass is 336 g/mol. The molecule has 0 aromatic heterocycles. The fourth-order valence-electron chi connectivity index (χ4n) is 2.36. The van der Waals surface area contributed by atoms with Crippen LogP contribution in [0.1, 0.15) is 18.1 Å². The van der Waals surface area contributed by atoms with Crippen LogP contribution < -0.4 is 11.1 Å². The van der Waals surface area contributed by atoms with Gasteiger partial charge >= 0.3 is 0 Å². The Hall–Kier alpha value is -1.91. The van der Waals surface area contributed by atoms with Gasteiger partial charge in [-0.1, -0.05) is 48.5 Å². The van der Waals surface area contributed by atoms with Crippen molar-refractivity contribution in [2.24, 2.45) is 5.73 Å². The van der Waals surface area contributed by atoms with Gasteiger partial charge in [0.1, 0.15) is 5.82 Å². The van der Waals surface area contributed by atoms with Crippen LogP contribution in [0.5, 0.6) is 0 Å². The molecule has 1 unspecified atom stereocenters. The molecule has 2 atom stereocenters. The number of carbonyl (C=O) groups is 1. The Morgan fingerprint density at radius 1 is 1.09 bits per heavy atom. The first-order valence-electron chi connectivity index (χ1n) is 7.39. The lowest BCUT2D eigenvalue weighted by atomic mass is 10.0. The van der Waals surface area contributed by atoms with E-state index in [0.717, 1.165) is 5.56 Å². The quantitative estimate of drug-likeness (QED) is 0.852. The van der Waals surface area contributed by atoms with Crippen LogP contribution in [0.15, 0.2) is 54.6 Å². The molecule has 1 amide bonds. The number of hydrogen-bond donors (Lipinski definition) is 2. The van der Waals surface area contributed by atoms with Crippen molar-refractivity contribution in [3.8, 4) is 0 Å². The third-order valence-electron chi connectivity index (χ3n) is 3.51. The molecule has 0 bridgehead atoms. The van der Waals surface area contributed by atoms with Gasteiger partial charge in [0.2, 0.25) is 5.91 Å². The zero-order chi connectivity index (χ0) is 15.9. The second kappa shape index (κ2) is 9.28. The highest BCUT2D eigenvalue weighted by atomic mass is 35.5. The van der Waals surface area contributed by atoms with E-state index in [1.54, 1.807) is 18.2 Å². The predicted molar refractivity (Wildman–Crippen MR) is 93.1 cm³/mol. The van der Waals surface area contributed by atoms with E-state index < -0.39 is 6.04 Å². The summed E-state index contributed by atoms with van der Waals surface area (Å²) < 4.78 is 13.6. The van der Waals surface area contributed by atoms with Crippen molar-refractivity contribution in [2.45, 2.75) is 31.8 Å². The molecular weight excluding hydrogens is 315 g/mol. The Kier molecular flexibility index (Phi) is 7.72. The predicted octanol–water partition coefficient (Wildman–Crippen LogP) is 2.86. The molecular formula is C18H22ClFN2O. The molecule has 5 heteroatoms. The highest BCUT2D eigenvalue weighted by molar-refractivity contribution is 5.85. The number of carbonyl (C=O) groups excluding carboxylic acids is 1. The number of nitrogens with two attached hydrogens (primary N) is 1. The van der Waals surface area contributed by atoms with Gasteiger partial charge in [-0.25, -0.2) is 4.39 Å². The van der Waals surface area contributed by atoms with Gasteiger partial charge in [-0.05, 0) is 37.0 Å². The van der Waals surface area contributed by atoms with E-state index in [1.807, 2.05) is 37.3 Å². The maximum atomic E-state index is 13.6. The molecule has 0 heterocycles. The fraction of sp³-hybridized carbons (Fsp3) is 0.278. The average Bonchev–Trinajstić information content (AvgIpc) is 2.50. The first-order chi connectivity index (χ1) is 10.6. The first kappa shape index (κ1) is 19.1. The third-order valence-corrected chi connectivity index (χ3v) is 3.51. The van der Waals surface area contributed by atoms with E-state index >= 15 is 0 Å². The van der Waals surface area contributed by atoms with Crippen LogP contribution in [0.3, 0.4) is 0 Å². The van der Waals surface area contributed by atoms with Crippen molar-refractivity contribution < 1.29 is 9.18 Å². The SMILES string of the molecule is CC(Cc1ccccc1F)NC(=O)[C@@H](N)Cc1ccccc1.Cl. The minimum atomic E-state index is -0.606. The third kappa shape index (κ3) is 6.00. The largest absolute Gasteiger partial charge is 0.352 e. The van der Waals surface area contributed by atoms with Crippen molar-refractivity contribution >= 4 is 18.3 Å². The fourth-order valence-corrected chi connectivity index (χ4v) is 2.36. The molecule has 23 heavy (non-hydrogen) atoms. The van der Waals surface area contributed by atoms with E-state index in [4.69, 9.17) is 5.73 Å².